The molecule has 0 aromatic carbocycles. The molecule has 0 unspecified atom stereocenters. The van der Waals surface area contributed by atoms with Gasteiger partial charge in [-0.05, 0) is 0 Å². The van der Waals surface area contributed by atoms with Crippen LogP contribution in [-0.2, 0) is 4.74 Å². The van der Waals surface area contributed by atoms with Crippen LogP contribution >= 0.6 is 0 Å². The Hall–Kier alpha value is -1.48. The number of β-amino-alcohol motifs (C(OH)–C–C–N with tert-alkyl or cyclic N) is 1. The third-order valence-corrected chi connectivity index (χ3v) is 3.39. The quantitative estimate of drug-likeness (QED) is 0.537. The van der Waals surface area contributed by atoms with E-state index in [-0.39, 0.29) is 6.61 Å². The maximum atomic E-state index is 9.90. The normalized spacial score (nSPS) is 33.8. The molecule has 19 heavy (non-hydrogen) atoms. The van der Waals surface area contributed by atoms with Crippen LogP contribution in [0.5, 0.6) is 0 Å². The highest BCUT2D eigenvalue weighted by Crippen LogP contribution is 2.35. The first-order chi connectivity index (χ1) is 9.20. The predicted molar refractivity (Wildman–Crippen MR) is 65.0 cm³/mol. The Morgan fingerprint density at radius 2 is 2.32 bits per heavy atom. The summed E-state index contributed by atoms with van der Waals surface area (Å²) in [6.07, 6.45) is 0.902. The van der Waals surface area contributed by atoms with Gasteiger partial charge in [-0.3, -0.25) is 4.57 Å². The van der Waals surface area contributed by atoms with Gasteiger partial charge in [0.1, 0.15) is 24.1 Å². The molecule has 3 rings (SSSR count). The van der Waals surface area contributed by atoms with Crippen molar-refractivity contribution in [1.82, 2.24) is 14.9 Å². The molecule has 1 fully saturated rings. The summed E-state index contributed by atoms with van der Waals surface area (Å²) in [6.45, 7) is 0.114. The molecule has 8 heteroatoms. The van der Waals surface area contributed by atoms with E-state index in [1.807, 2.05) is 0 Å². The summed E-state index contributed by atoms with van der Waals surface area (Å²) in [4.78, 5) is 8.35. The third-order valence-electron chi connectivity index (χ3n) is 3.39. The van der Waals surface area contributed by atoms with Crippen molar-refractivity contribution in [2.45, 2.75) is 31.0 Å². The van der Waals surface area contributed by atoms with Gasteiger partial charge in [0.15, 0.2) is 5.82 Å². The monoisotopic (exact) mass is 268 g/mol. The molecule has 0 saturated carbocycles. The summed E-state index contributed by atoms with van der Waals surface area (Å²) in [6, 6.07) is 0. The van der Waals surface area contributed by atoms with Crippen LogP contribution < -0.4 is 5.32 Å². The van der Waals surface area contributed by atoms with Gasteiger partial charge in [0, 0.05) is 13.0 Å². The van der Waals surface area contributed by atoms with Crippen LogP contribution in [0.3, 0.4) is 0 Å². The van der Waals surface area contributed by atoms with Gasteiger partial charge in [0.05, 0.1) is 25.4 Å². The molecule has 1 saturated heterocycles. The van der Waals surface area contributed by atoms with Crippen LogP contribution in [0.2, 0.25) is 0 Å². The lowest BCUT2D eigenvalue weighted by Crippen LogP contribution is -2.24. The van der Waals surface area contributed by atoms with Gasteiger partial charge in [0.25, 0.3) is 0 Å². The van der Waals surface area contributed by atoms with E-state index in [2.05, 4.69) is 15.3 Å². The average Bonchev–Trinajstić information content (AvgIpc) is 2.93. The maximum Gasteiger partial charge on any atom is 0.162 e. The number of nitrogens with one attached hydrogen (secondary N) is 1. The molecule has 0 amide bonds. The summed E-state index contributed by atoms with van der Waals surface area (Å²) in [5, 5.41) is 31.6. The SMILES string of the molecule is OC[C@H]1O[C@@H](n2cnc3c2N=CNC[C@@H]3O)C[C@@H]1O. The number of aliphatic hydroxyl groups is 3. The summed E-state index contributed by atoms with van der Waals surface area (Å²) < 4.78 is 7.22. The highest BCUT2D eigenvalue weighted by molar-refractivity contribution is 5.62. The van der Waals surface area contributed by atoms with E-state index in [1.165, 1.54) is 12.7 Å². The fourth-order valence-corrected chi connectivity index (χ4v) is 2.37. The van der Waals surface area contributed by atoms with Gasteiger partial charge in [0.2, 0.25) is 0 Å². The number of aliphatic imine (C=N–C) groups is 1. The highest BCUT2D eigenvalue weighted by Gasteiger charge is 2.36. The van der Waals surface area contributed by atoms with Crippen LogP contribution in [0.25, 0.3) is 0 Å². The first-order valence-electron chi connectivity index (χ1n) is 6.15. The lowest BCUT2D eigenvalue weighted by Gasteiger charge is -2.14. The molecule has 4 atom stereocenters. The van der Waals surface area contributed by atoms with E-state index in [1.54, 1.807) is 4.57 Å². The molecule has 0 spiro atoms. The van der Waals surface area contributed by atoms with Gasteiger partial charge in [-0.1, -0.05) is 0 Å². The van der Waals surface area contributed by atoms with Crippen molar-refractivity contribution in [3.63, 3.8) is 0 Å². The summed E-state index contributed by atoms with van der Waals surface area (Å²) >= 11 is 0. The third kappa shape index (κ3) is 2.12. The van der Waals surface area contributed by atoms with Crippen molar-refractivity contribution in [2.24, 2.45) is 4.99 Å². The molecule has 2 aliphatic heterocycles. The summed E-state index contributed by atoms with van der Waals surface area (Å²) in [7, 11) is 0. The molecule has 2 aliphatic rings. The predicted octanol–water partition coefficient (Wildman–Crippen LogP) is -1.18. The number of nitrogens with zero attached hydrogens (tertiary/aromatic N) is 3. The van der Waals surface area contributed by atoms with Gasteiger partial charge in [-0.15, -0.1) is 0 Å². The zero-order valence-electron chi connectivity index (χ0n) is 10.2. The first-order valence-corrected chi connectivity index (χ1v) is 6.15. The second-order valence-corrected chi connectivity index (χ2v) is 4.66. The molecule has 0 bridgehead atoms. The minimum absolute atomic E-state index is 0.234. The molecule has 3 heterocycles. The number of fused-ring (bicyclic) bond motifs is 1. The van der Waals surface area contributed by atoms with Crippen LogP contribution in [0.4, 0.5) is 5.82 Å². The van der Waals surface area contributed by atoms with Gasteiger partial charge in [-0.25, -0.2) is 9.98 Å². The van der Waals surface area contributed by atoms with Crippen molar-refractivity contribution < 1.29 is 20.1 Å². The van der Waals surface area contributed by atoms with Crippen molar-refractivity contribution in [1.29, 1.82) is 0 Å². The molecular weight excluding hydrogens is 252 g/mol. The number of aliphatic hydroxyl groups excluding tert-OH is 3. The Kier molecular flexibility index (Phi) is 3.23. The molecule has 0 radical (unpaired) electrons. The van der Waals surface area contributed by atoms with E-state index >= 15 is 0 Å². The molecule has 8 nitrogen and oxygen atoms in total. The molecule has 1 aromatic heterocycles. The number of rotatable bonds is 2. The average molecular weight is 268 g/mol. The fraction of sp³-hybridized carbons (Fsp3) is 0.636. The van der Waals surface area contributed by atoms with E-state index in [0.717, 1.165) is 0 Å². The largest absolute Gasteiger partial charge is 0.394 e. The van der Waals surface area contributed by atoms with Crippen LogP contribution in [-0.4, -0.2) is 56.6 Å². The zero-order valence-corrected chi connectivity index (χ0v) is 10.2. The van der Waals surface area contributed by atoms with E-state index < -0.39 is 24.5 Å². The number of ether oxygens (including phenoxy) is 1. The summed E-state index contributed by atoms with van der Waals surface area (Å²) in [5.74, 6) is 0.508. The topological polar surface area (TPSA) is 112 Å². The number of imidazole rings is 1. The number of hydrogen-bond donors (Lipinski definition) is 4. The van der Waals surface area contributed by atoms with E-state index in [0.29, 0.717) is 24.5 Å². The molecule has 104 valence electrons. The van der Waals surface area contributed by atoms with E-state index in [4.69, 9.17) is 9.84 Å². The zero-order chi connectivity index (χ0) is 13.4. The van der Waals surface area contributed by atoms with Crippen molar-refractivity contribution >= 4 is 12.2 Å². The van der Waals surface area contributed by atoms with Gasteiger partial charge in [-0.2, -0.15) is 0 Å². The second-order valence-electron chi connectivity index (χ2n) is 4.66. The first kappa shape index (κ1) is 12.5. The Labute approximate surface area is 109 Å². The molecule has 1 aromatic rings. The van der Waals surface area contributed by atoms with Crippen LogP contribution in [0.15, 0.2) is 11.3 Å². The van der Waals surface area contributed by atoms with Gasteiger partial charge < -0.3 is 25.4 Å². The fourth-order valence-electron chi connectivity index (χ4n) is 2.37. The molecular formula is C11H16N4O4. The lowest BCUT2D eigenvalue weighted by molar-refractivity contribution is -0.0438. The Morgan fingerprint density at radius 3 is 3.05 bits per heavy atom. The Bertz CT molecular complexity index is 489. The van der Waals surface area contributed by atoms with Crippen molar-refractivity contribution in [2.75, 3.05) is 13.2 Å². The smallest absolute Gasteiger partial charge is 0.162 e. The van der Waals surface area contributed by atoms with E-state index in [9.17, 15) is 10.2 Å². The number of hydrogen-bond acceptors (Lipinski definition) is 7. The Morgan fingerprint density at radius 1 is 1.47 bits per heavy atom. The molecule has 0 aliphatic carbocycles. The maximum absolute atomic E-state index is 9.90. The van der Waals surface area contributed by atoms with Crippen molar-refractivity contribution in [3.05, 3.63) is 12.0 Å². The second kappa shape index (κ2) is 4.89. The van der Waals surface area contributed by atoms with Gasteiger partial charge >= 0.3 is 0 Å². The van der Waals surface area contributed by atoms with Crippen LogP contribution in [0.1, 0.15) is 24.4 Å². The lowest BCUT2D eigenvalue weighted by atomic mass is 10.2. The minimum Gasteiger partial charge on any atom is -0.394 e. The highest BCUT2D eigenvalue weighted by atomic mass is 16.5. The summed E-state index contributed by atoms with van der Waals surface area (Å²) in [5.41, 5.74) is 0.479. The number of aromatic nitrogens is 2. The van der Waals surface area contributed by atoms with Crippen LogP contribution in [0, 0.1) is 0 Å². The molecule has 4 N–H and O–H groups in total. The van der Waals surface area contributed by atoms with Crippen molar-refractivity contribution in [3.8, 4) is 0 Å². The standard InChI is InChI=1S/C11H16N4O4/c16-3-8-6(17)1-9(19-8)15-5-14-10-7(18)2-12-4-13-11(10)15/h4-9,16-18H,1-3H2,(H,12,13)/t6-,7-,8+,9+/m0/s1. The Balaban J connectivity index is 1.90. The minimum atomic E-state index is -0.737.